The lowest BCUT2D eigenvalue weighted by Crippen LogP contribution is -2.10. The number of aryl methyl sites for hydroxylation is 1. The predicted octanol–water partition coefficient (Wildman–Crippen LogP) is 3.42. The highest BCUT2D eigenvalue weighted by Gasteiger charge is 2.13. The van der Waals surface area contributed by atoms with Crippen LogP contribution in [0.2, 0.25) is 0 Å². The van der Waals surface area contributed by atoms with Gasteiger partial charge in [0.2, 0.25) is 0 Å². The summed E-state index contributed by atoms with van der Waals surface area (Å²) in [4.78, 5) is 22.1. The van der Waals surface area contributed by atoms with Gasteiger partial charge in [-0.25, -0.2) is 0 Å². The van der Waals surface area contributed by atoms with Gasteiger partial charge in [-0.3, -0.25) is 14.9 Å². The third-order valence-electron chi connectivity index (χ3n) is 3.46. The number of carbonyl (C=O) groups is 1. The van der Waals surface area contributed by atoms with Crippen LogP contribution in [0, 0.1) is 17.0 Å². The minimum atomic E-state index is -0.514. The molecule has 0 aliphatic rings. The van der Waals surface area contributed by atoms with E-state index >= 15 is 0 Å². The molecule has 0 radical (unpaired) electrons. The monoisotopic (exact) mass is 345 g/mol. The summed E-state index contributed by atoms with van der Waals surface area (Å²) >= 11 is 0. The van der Waals surface area contributed by atoms with Crippen LogP contribution in [0.25, 0.3) is 0 Å². The van der Waals surface area contributed by atoms with E-state index in [1.54, 1.807) is 0 Å². The van der Waals surface area contributed by atoms with Crippen LogP contribution in [-0.4, -0.2) is 24.6 Å². The first kappa shape index (κ1) is 18.3. The highest BCUT2D eigenvalue weighted by atomic mass is 16.6. The van der Waals surface area contributed by atoms with Crippen molar-refractivity contribution in [2.45, 2.75) is 20.0 Å². The second-order valence-corrected chi connectivity index (χ2v) is 5.33. The molecular formula is C18H19NO6. The van der Waals surface area contributed by atoms with Crippen molar-refractivity contribution in [3.05, 3.63) is 63.7 Å². The highest BCUT2D eigenvalue weighted by Crippen LogP contribution is 2.24. The summed E-state index contributed by atoms with van der Waals surface area (Å²) in [5.74, 6) is 0.647. The molecule has 0 spiro atoms. The third kappa shape index (κ3) is 5.49. The Balaban J connectivity index is 1.84. The van der Waals surface area contributed by atoms with Crippen molar-refractivity contribution in [2.75, 3.05) is 13.7 Å². The van der Waals surface area contributed by atoms with Gasteiger partial charge in [-0.2, -0.15) is 0 Å². The number of benzene rings is 2. The van der Waals surface area contributed by atoms with Crippen LogP contribution in [-0.2, 0) is 16.1 Å². The van der Waals surface area contributed by atoms with Gasteiger partial charge in [0.1, 0.15) is 18.1 Å². The van der Waals surface area contributed by atoms with Crippen LogP contribution in [0.1, 0.15) is 17.5 Å². The summed E-state index contributed by atoms with van der Waals surface area (Å²) in [7, 11) is 1.45. The molecule has 0 aliphatic carbocycles. The van der Waals surface area contributed by atoms with E-state index in [1.807, 2.05) is 31.2 Å². The van der Waals surface area contributed by atoms with E-state index in [4.69, 9.17) is 14.2 Å². The largest absolute Gasteiger partial charge is 0.496 e. The van der Waals surface area contributed by atoms with E-state index in [1.165, 1.54) is 25.3 Å². The zero-order chi connectivity index (χ0) is 18.2. The van der Waals surface area contributed by atoms with Gasteiger partial charge in [0, 0.05) is 17.7 Å². The third-order valence-corrected chi connectivity index (χ3v) is 3.46. The fourth-order valence-corrected chi connectivity index (χ4v) is 2.11. The molecule has 2 aromatic rings. The van der Waals surface area contributed by atoms with Gasteiger partial charge in [0.25, 0.3) is 5.69 Å². The number of rotatable bonds is 8. The fraction of sp³-hybridized carbons (Fsp3) is 0.278. The van der Waals surface area contributed by atoms with Crippen LogP contribution in [0.5, 0.6) is 11.5 Å². The van der Waals surface area contributed by atoms with E-state index in [-0.39, 0.29) is 25.3 Å². The van der Waals surface area contributed by atoms with E-state index in [9.17, 15) is 14.9 Å². The van der Waals surface area contributed by atoms with Crippen LogP contribution >= 0.6 is 0 Å². The first-order chi connectivity index (χ1) is 12.0. The van der Waals surface area contributed by atoms with Crippen LogP contribution in [0.15, 0.2) is 42.5 Å². The molecular weight excluding hydrogens is 326 g/mol. The summed E-state index contributed by atoms with van der Waals surface area (Å²) in [6, 6.07) is 11.6. The molecule has 7 nitrogen and oxygen atoms in total. The molecule has 0 amide bonds. The molecule has 0 bridgehead atoms. The number of nitro groups is 1. The number of nitrogens with zero attached hydrogens (tertiary/aromatic N) is 1. The molecule has 0 fully saturated rings. The average molecular weight is 345 g/mol. The van der Waals surface area contributed by atoms with Crippen LogP contribution in [0.4, 0.5) is 5.69 Å². The molecule has 0 saturated carbocycles. The minimum Gasteiger partial charge on any atom is -0.496 e. The lowest BCUT2D eigenvalue weighted by atomic mass is 10.2. The zero-order valence-corrected chi connectivity index (χ0v) is 14.1. The van der Waals surface area contributed by atoms with Gasteiger partial charge < -0.3 is 14.2 Å². The Morgan fingerprint density at radius 3 is 2.52 bits per heavy atom. The maximum absolute atomic E-state index is 11.8. The van der Waals surface area contributed by atoms with Gasteiger partial charge in [0.05, 0.1) is 25.1 Å². The molecule has 0 saturated heterocycles. The van der Waals surface area contributed by atoms with Gasteiger partial charge in [-0.1, -0.05) is 17.7 Å². The fourth-order valence-electron chi connectivity index (χ4n) is 2.11. The first-order valence-electron chi connectivity index (χ1n) is 7.66. The number of ether oxygens (including phenoxy) is 3. The van der Waals surface area contributed by atoms with Crippen molar-refractivity contribution in [3.8, 4) is 11.5 Å². The summed E-state index contributed by atoms with van der Waals surface area (Å²) in [5, 5.41) is 10.8. The molecule has 7 heteroatoms. The van der Waals surface area contributed by atoms with Crippen molar-refractivity contribution >= 4 is 11.7 Å². The number of hydrogen-bond acceptors (Lipinski definition) is 6. The quantitative estimate of drug-likeness (QED) is 0.414. The van der Waals surface area contributed by atoms with E-state index in [2.05, 4.69) is 0 Å². The lowest BCUT2D eigenvalue weighted by Gasteiger charge is -2.10. The smallest absolute Gasteiger partial charge is 0.309 e. The number of nitro benzene ring substituents is 1. The van der Waals surface area contributed by atoms with Crippen molar-refractivity contribution in [3.63, 3.8) is 0 Å². The topological polar surface area (TPSA) is 87.9 Å². The summed E-state index contributed by atoms with van der Waals surface area (Å²) in [6.45, 7) is 2.06. The summed E-state index contributed by atoms with van der Waals surface area (Å²) in [6.07, 6.45) is 0.0745. The summed E-state index contributed by atoms with van der Waals surface area (Å²) < 4.78 is 15.7. The second kappa shape index (κ2) is 8.68. The van der Waals surface area contributed by atoms with Crippen LogP contribution < -0.4 is 9.47 Å². The minimum absolute atomic E-state index is 0.0745. The SMILES string of the molecule is COc1ccc([N+](=O)[O-])cc1COC(=O)CCOc1ccc(C)cc1. The Bertz CT molecular complexity index is 742. The Labute approximate surface area is 145 Å². The van der Waals surface area contributed by atoms with Gasteiger partial charge >= 0.3 is 5.97 Å². The Kier molecular flexibility index (Phi) is 6.33. The predicted molar refractivity (Wildman–Crippen MR) is 90.7 cm³/mol. The lowest BCUT2D eigenvalue weighted by molar-refractivity contribution is -0.385. The molecule has 2 aromatic carbocycles. The van der Waals surface area contributed by atoms with Crippen LogP contribution in [0.3, 0.4) is 0 Å². The molecule has 0 heterocycles. The van der Waals surface area contributed by atoms with E-state index in [0.29, 0.717) is 17.1 Å². The number of methoxy groups -OCH3 is 1. The van der Waals surface area contributed by atoms with Crippen molar-refractivity contribution in [1.29, 1.82) is 0 Å². The standard InChI is InChI=1S/C18H19NO6/c1-13-3-6-16(7-4-13)24-10-9-18(20)25-12-14-11-15(19(21)22)5-8-17(14)23-2/h3-8,11H,9-10,12H2,1-2H3. The Hall–Kier alpha value is -3.09. The number of hydrogen-bond donors (Lipinski definition) is 0. The molecule has 0 N–H and O–H groups in total. The van der Waals surface area contributed by atoms with Gasteiger partial charge in [0.15, 0.2) is 0 Å². The molecule has 0 unspecified atom stereocenters. The molecule has 0 atom stereocenters. The molecule has 0 aliphatic heterocycles. The van der Waals surface area contributed by atoms with Gasteiger partial charge in [-0.15, -0.1) is 0 Å². The number of carbonyl (C=O) groups excluding carboxylic acids is 1. The highest BCUT2D eigenvalue weighted by molar-refractivity contribution is 5.69. The maximum atomic E-state index is 11.8. The van der Waals surface area contributed by atoms with Crippen molar-refractivity contribution in [2.24, 2.45) is 0 Å². The maximum Gasteiger partial charge on any atom is 0.309 e. The normalized spacial score (nSPS) is 10.2. The molecule has 0 aromatic heterocycles. The molecule has 25 heavy (non-hydrogen) atoms. The second-order valence-electron chi connectivity index (χ2n) is 5.33. The van der Waals surface area contributed by atoms with Crippen molar-refractivity contribution < 1.29 is 23.9 Å². The Morgan fingerprint density at radius 2 is 1.88 bits per heavy atom. The number of esters is 1. The Morgan fingerprint density at radius 1 is 1.16 bits per heavy atom. The number of non-ortho nitro benzene ring substituents is 1. The zero-order valence-electron chi connectivity index (χ0n) is 14.1. The first-order valence-corrected chi connectivity index (χ1v) is 7.66. The van der Waals surface area contributed by atoms with E-state index < -0.39 is 10.9 Å². The summed E-state index contributed by atoms with van der Waals surface area (Å²) in [5.41, 5.74) is 1.47. The van der Waals surface area contributed by atoms with Crippen molar-refractivity contribution in [1.82, 2.24) is 0 Å². The molecule has 2 rings (SSSR count). The molecule has 132 valence electrons. The average Bonchev–Trinajstić information content (AvgIpc) is 2.61. The van der Waals surface area contributed by atoms with Gasteiger partial charge in [-0.05, 0) is 25.1 Å². The van der Waals surface area contributed by atoms with E-state index in [0.717, 1.165) is 5.56 Å².